The van der Waals surface area contributed by atoms with Gasteiger partial charge in [-0.15, -0.1) is 0 Å². The van der Waals surface area contributed by atoms with Crippen molar-refractivity contribution in [1.82, 2.24) is 19.9 Å². The van der Waals surface area contributed by atoms with Crippen molar-refractivity contribution in [3.8, 4) is 0 Å². The van der Waals surface area contributed by atoms with Crippen LogP contribution in [0.4, 0.5) is 5.82 Å². The van der Waals surface area contributed by atoms with Crippen molar-refractivity contribution in [2.45, 2.75) is 45.9 Å². The number of hydrogen-bond donors (Lipinski definition) is 1. The van der Waals surface area contributed by atoms with Gasteiger partial charge in [-0.05, 0) is 39.3 Å². The number of aryl methyl sites for hydroxylation is 2. The number of rotatable bonds is 4. The molecule has 0 aromatic carbocycles. The normalized spacial score (nSPS) is 22.2. The van der Waals surface area contributed by atoms with Crippen LogP contribution >= 0.6 is 0 Å². The van der Waals surface area contributed by atoms with Crippen molar-refractivity contribution in [3.63, 3.8) is 0 Å². The minimum Gasteiger partial charge on any atom is -0.378 e. The highest BCUT2D eigenvalue weighted by Crippen LogP contribution is 2.26. The van der Waals surface area contributed by atoms with Gasteiger partial charge in [0, 0.05) is 31.9 Å². The summed E-state index contributed by atoms with van der Waals surface area (Å²) in [7, 11) is 1.78. The second-order valence-corrected chi connectivity index (χ2v) is 6.57. The Bertz CT molecular complexity index is 703. The first kappa shape index (κ1) is 16.1. The van der Waals surface area contributed by atoms with E-state index in [1.165, 1.54) is 0 Å². The van der Waals surface area contributed by atoms with E-state index < -0.39 is 0 Å². The Morgan fingerprint density at radius 3 is 2.74 bits per heavy atom. The predicted molar refractivity (Wildman–Crippen MR) is 91.7 cm³/mol. The lowest BCUT2D eigenvalue weighted by Crippen LogP contribution is -2.34. The lowest BCUT2D eigenvalue weighted by molar-refractivity contribution is 0.0983. The zero-order chi connectivity index (χ0) is 16.6. The lowest BCUT2D eigenvalue weighted by atomic mass is 10.1. The molecule has 0 radical (unpaired) electrons. The molecule has 1 aliphatic heterocycles. The summed E-state index contributed by atoms with van der Waals surface area (Å²) in [6, 6.07) is 2.79. The number of hydrogen-bond acceptors (Lipinski definition) is 6. The summed E-state index contributed by atoms with van der Waals surface area (Å²) in [5.41, 5.74) is 2.86. The van der Waals surface area contributed by atoms with Gasteiger partial charge in [-0.25, -0.2) is 15.0 Å². The zero-order valence-electron chi connectivity index (χ0n) is 14.5. The summed E-state index contributed by atoms with van der Waals surface area (Å²) >= 11 is 0. The van der Waals surface area contributed by atoms with Gasteiger partial charge < -0.3 is 10.1 Å². The Labute approximate surface area is 137 Å². The SMILES string of the molecule is CO[C@H]1CN(C(C)C)C[C@@H]1Nc1ncnc2nc(C)cc(C)c12. The molecule has 0 amide bonds. The average molecular weight is 315 g/mol. The summed E-state index contributed by atoms with van der Waals surface area (Å²) < 4.78 is 5.67. The van der Waals surface area contributed by atoms with Gasteiger partial charge >= 0.3 is 0 Å². The second kappa shape index (κ2) is 6.37. The highest BCUT2D eigenvalue weighted by Gasteiger charge is 2.34. The van der Waals surface area contributed by atoms with E-state index in [1.54, 1.807) is 13.4 Å². The van der Waals surface area contributed by atoms with Crippen molar-refractivity contribution in [2.75, 3.05) is 25.5 Å². The fourth-order valence-corrected chi connectivity index (χ4v) is 3.30. The molecule has 23 heavy (non-hydrogen) atoms. The second-order valence-electron chi connectivity index (χ2n) is 6.57. The number of likely N-dealkylation sites (tertiary alicyclic amines) is 1. The molecule has 2 aromatic rings. The first-order chi connectivity index (χ1) is 11.0. The number of nitrogens with one attached hydrogen (secondary N) is 1. The van der Waals surface area contributed by atoms with Crippen LogP contribution in [0.3, 0.4) is 0 Å². The van der Waals surface area contributed by atoms with Crippen LogP contribution in [0.1, 0.15) is 25.1 Å². The molecule has 0 bridgehead atoms. The molecule has 0 aliphatic carbocycles. The fraction of sp³-hybridized carbons (Fsp3) is 0.588. The van der Waals surface area contributed by atoms with Gasteiger partial charge in [-0.2, -0.15) is 0 Å². The Morgan fingerprint density at radius 2 is 2.04 bits per heavy atom. The monoisotopic (exact) mass is 315 g/mol. The highest BCUT2D eigenvalue weighted by molar-refractivity contribution is 5.89. The maximum Gasteiger partial charge on any atom is 0.165 e. The lowest BCUT2D eigenvalue weighted by Gasteiger charge is -2.21. The van der Waals surface area contributed by atoms with Crippen LogP contribution in [0.5, 0.6) is 0 Å². The van der Waals surface area contributed by atoms with E-state index in [-0.39, 0.29) is 12.1 Å². The van der Waals surface area contributed by atoms with E-state index in [9.17, 15) is 0 Å². The number of pyridine rings is 1. The third-order valence-electron chi connectivity index (χ3n) is 4.58. The molecular weight excluding hydrogens is 290 g/mol. The first-order valence-electron chi connectivity index (χ1n) is 8.12. The summed E-state index contributed by atoms with van der Waals surface area (Å²) in [6.45, 7) is 10.4. The summed E-state index contributed by atoms with van der Waals surface area (Å²) in [6.07, 6.45) is 1.73. The maximum absolute atomic E-state index is 5.67. The smallest absolute Gasteiger partial charge is 0.165 e. The number of anilines is 1. The molecule has 1 fully saturated rings. The number of aromatic nitrogens is 3. The van der Waals surface area contributed by atoms with Crippen LogP contribution in [0.15, 0.2) is 12.4 Å². The number of fused-ring (bicyclic) bond motifs is 1. The Hall–Kier alpha value is -1.79. The summed E-state index contributed by atoms with van der Waals surface area (Å²) in [5.74, 6) is 0.845. The maximum atomic E-state index is 5.67. The van der Waals surface area contributed by atoms with Crippen LogP contribution in [-0.2, 0) is 4.74 Å². The van der Waals surface area contributed by atoms with Crippen LogP contribution < -0.4 is 5.32 Å². The number of methoxy groups -OCH3 is 1. The van der Waals surface area contributed by atoms with Crippen molar-refractivity contribution in [3.05, 3.63) is 23.7 Å². The van der Waals surface area contributed by atoms with Crippen LogP contribution in [-0.4, -0.2) is 58.2 Å². The number of nitrogens with zero attached hydrogens (tertiary/aromatic N) is 4. The molecule has 124 valence electrons. The molecule has 1 N–H and O–H groups in total. The standard InChI is InChI=1S/C17H25N5O/c1-10(2)22-7-13(14(8-22)23-5)21-17-15-11(3)6-12(4)20-16(15)18-9-19-17/h6,9-10,13-14H,7-8H2,1-5H3,(H,18,19,20,21)/t13-,14-/m0/s1. The van der Waals surface area contributed by atoms with Gasteiger partial charge in [-0.3, -0.25) is 4.90 Å². The molecule has 0 unspecified atom stereocenters. The first-order valence-corrected chi connectivity index (χ1v) is 8.12. The summed E-state index contributed by atoms with van der Waals surface area (Å²) in [5, 5.41) is 4.57. The van der Waals surface area contributed by atoms with Gasteiger partial charge in [0.05, 0.1) is 17.5 Å². The molecular formula is C17H25N5O. The van der Waals surface area contributed by atoms with Gasteiger partial charge in [0.15, 0.2) is 5.65 Å². The molecule has 1 saturated heterocycles. The largest absolute Gasteiger partial charge is 0.378 e. The topological polar surface area (TPSA) is 63.2 Å². The quantitative estimate of drug-likeness (QED) is 0.933. The molecule has 3 rings (SSSR count). The molecule has 6 heteroatoms. The summed E-state index contributed by atoms with van der Waals surface area (Å²) in [4.78, 5) is 15.7. The van der Waals surface area contributed by atoms with E-state index >= 15 is 0 Å². The van der Waals surface area contributed by atoms with Gasteiger partial charge in [0.1, 0.15) is 12.1 Å². The van der Waals surface area contributed by atoms with Crippen molar-refractivity contribution in [1.29, 1.82) is 0 Å². The van der Waals surface area contributed by atoms with E-state index in [4.69, 9.17) is 4.74 Å². The van der Waals surface area contributed by atoms with E-state index in [2.05, 4.69) is 52.0 Å². The van der Waals surface area contributed by atoms with E-state index in [0.717, 1.165) is 41.2 Å². The van der Waals surface area contributed by atoms with Gasteiger partial charge in [-0.1, -0.05) is 0 Å². The zero-order valence-corrected chi connectivity index (χ0v) is 14.5. The molecule has 6 nitrogen and oxygen atoms in total. The molecule has 3 heterocycles. The third kappa shape index (κ3) is 3.14. The van der Waals surface area contributed by atoms with Crippen molar-refractivity contribution >= 4 is 16.9 Å². The minimum atomic E-state index is 0.154. The molecule has 0 spiro atoms. The molecule has 0 saturated carbocycles. The number of ether oxygens (including phenoxy) is 1. The van der Waals surface area contributed by atoms with Crippen LogP contribution in [0, 0.1) is 13.8 Å². The van der Waals surface area contributed by atoms with Crippen LogP contribution in [0.2, 0.25) is 0 Å². The molecule has 1 aliphatic rings. The fourth-order valence-electron chi connectivity index (χ4n) is 3.30. The predicted octanol–water partition coefficient (Wildman–Crippen LogP) is 2.16. The third-order valence-corrected chi connectivity index (χ3v) is 4.58. The van der Waals surface area contributed by atoms with Crippen LogP contribution in [0.25, 0.3) is 11.0 Å². The van der Waals surface area contributed by atoms with E-state index in [1.807, 2.05) is 6.92 Å². The van der Waals surface area contributed by atoms with Crippen molar-refractivity contribution < 1.29 is 4.74 Å². The average Bonchev–Trinajstić information content (AvgIpc) is 2.90. The van der Waals surface area contributed by atoms with Crippen molar-refractivity contribution in [2.24, 2.45) is 0 Å². The van der Waals surface area contributed by atoms with Gasteiger partial charge in [0.25, 0.3) is 0 Å². The highest BCUT2D eigenvalue weighted by atomic mass is 16.5. The van der Waals surface area contributed by atoms with E-state index in [0.29, 0.717) is 6.04 Å². The Balaban J connectivity index is 1.92. The Kier molecular flexibility index (Phi) is 4.46. The Morgan fingerprint density at radius 1 is 1.26 bits per heavy atom. The molecule has 2 atom stereocenters. The minimum absolute atomic E-state index is 0.154. The molecule has 2 aromatic heterocycles. The van der Waals surface area contributed by atoms with Gasteiger partial charge in [0.2, 0.25) is 0 Å².